The molecule has 0 aliphatic heterocycles. The van der Waals surface area contributed by atoms with E-state index < -0.39 is 0 Å². The molecule has 0 saturated heterocycles. The van der Waals surface area contributed by atoms with Crippen molar-refractivity contribution in [3.63, 3.8) is 0 Å². The molecule has 1 aromatic carbocycles. The smallest absolute Gasteiger partial charge is 0.0480 e. The van der Waals surface area contributed by atoms with E-state index >= 15 is 0 Å². The number of hydrogen-bond donors (Lipinski definition) is 1. The average Bonchev–Trinajstić information content (AvgIpc) is 2.18. The fourth-order valence-corrected chi connectivity index (χ4v) is 1.74. The van der Waals surface area contributed by atoms with Crippen LogP contribution in [0.1, 0.15) is 20.8 Å². The molecular formula is C12H19NS. The van der Waals surface area contributed by atoms with Gasteiger partial charge in [0, 0.05) is 16.6 Å². The van der Waals surface area contributed by atoms with Gasteiger partial charge < -0.3 is 5.32 Å². The van der Waals surface area contributed by atoms with Crippen molar-refractivity contribution in [2.75, 3.05) is 11.6 Å². The largest absolute Gasteiger partial charge is 0.381 e. The summed E-state index contributed by atoms with van der Waals surface area (Å²) < 4.78 is 0. The molecule has 1 atom stereocenters. The molecule has 0 aromatic heterocycles. The first kappa shape index (κ1) is 11.4. The molecule has 2 heteroatoms. The highest BCUT2D eigenvalue weighted by atomic mass is 32.2. The summed E-state index contributed by atoms with van der Waals surface area (Å²) in [5.74, 6) is 0.657. The second-order valence-electron chi connectivity index (χ2n) is 3.88. The molecule has 0 aliphatic carbocycles. The molecule has 0 spiro atoms. The van der Waals surface area contributed by atoms with Crippen LogP contribution in [-0.2, 0) is 0 Å². The van der Waals surface area contributed by atoms with Crippen molar-refractivity contribution in [3.8, 4) is 0 Å². The highest BCUT2D eigenvalue weighted by Gasteiger charge is 2.08. The molecule has 0 heterocycles. The zero-order valence-corrected chi connectivity index (χ0v) is 10.2. The minimum Gasteiger partial charge on any atom is -0.381 e. The van der Waals surface area contributed by atoms with E-state index in [9.17, 15) is 0 Å². The van der Waals surface area contributed by atoms with Crippen LogP contribution in [0.2, 0.25) is 0 Å². The molecule has 1 aromatic rings. The van der Waals surface area contributed by atoms with Gasteiger partial charge in [0.2, 0.25) is 0 Å². The first-order chi connectivity index (χ1) is 6.65. The predicted molar refractivity (Wildman–Crippen MR) is 66.1 cm³/mol. The van der Waals surface area contributed by atoms with E-state index in [-0.39, 0.29) is 0 Å². The Hall–Kier alpha value is -0.630. The maximum absolute atomic E-state index is 3.54. The van der Waals surface area contributed by atoms with Gasteiger partial charge in [-0.05, 0) is 31.2 Å². The Morgan fingerprint density at radius 2 is 1.79 bits per heavy atom. The van der Waals surface area contributed by atoms with Gasteiger partial charge in [-0.15, -0.1) is 11.8 Å². The topological polar surface area (TPSA) is 12.0 Å². The number of anilines is 1. The van der Waals surface area contributed by atoms with Crippen LogP contribution in [0.25, 0.3) is 0 Å². The van der Waals surface area contributed by atoms with Gasteiger partial charge in [0.05, 0.1) is 0 Å². The maximum Gasteiger partial charge on any atom is 0.0480 e. The second-order valence-corrected chi connectivity index (χ2v) is 4.73. The van der Waals surface area contributed by atoms with Gasteiger partial charge in [-0.1, -0.05) is 26.0 Å². The van der Waals surface area contributed by atoms with Gasteiger partial charge in [-0.3, -0.25) is 0 Å². The highest BCUT2D eigenvalue weighted by Crippen LogP contribution is 2.25. The summed E-state index contributed by atoms with van der Waals surface area (Å²) >= 11 is 1.79. The van der Waals surface area contributed by atoms with Gasteiger partial charge in [0.1, 0.15) is 0 Å². The Kier molecular flexibility index (Phi) is 4.33. The van der Waals surface area contributed by atoms with Crippen molar-refractivity contribution >= 4 is 17.4 Å². The third-order valence-electron chi connectivity index (χ3n) is 2.49. The van der Waals surface area contributed by atoms with E-state index in [0.29, 0.717) is 12.0 Å². The average molecular weight is 209 g/mol. The molecule has 0 amide bonds. The van der Waals surface area contributed by atoms with E-state index in [0.717, 1.165) is 0 Å². The molecule has 0 bridgehead atoms. The molecule has 0 unspecified atom stereocenters. The number of thioether (sulfide) groups is 1. The van der Waals surface area contributed by atoms with Gasteiger partial charge in [0.15, 0.2) is 0 Å². The summed E-state index contributed by atoms with van der Waals surface area (Å²) in [4.78, 5) is 1.32. The lowest BCUT2D eigenvalue weighted by atomic mass is 10.1. The van der Waals surface area contributed by atoms with Crippen LogP contribution in [0.15, 0.2) is 29.2 Å². The lowest BCUT2D eigenvalue weighted by molar-refractivity contribution is 0.559. The number of hydrogen-bond acceptors (Lipinski definition) is 2. The third kappa shape index (κ3) is 2.95. The fourth-order valence-electron chi connectivity index (χ4n) is 1.18. The van der Waals surface area contributed by atoms with Crippen LogP contribution in [0, 0.1) is 5.92 Å². The molecule has 0 radical (unpaired) electrons. The first-order valence-electron chi connectivity index (χ1n) is 5.04. The molecular weight excluding hydrogens is 190 g/mol. The lowest BCUT2D eigenvalue weighted by Crippen LogP contribution is -2.21. The van der Waals surface area contributed by atoms with Crippen molar-refractivity contribution in [1.29, 1.82) is 0 Å². The SMILES string of the molecule is CSc1ccccc1N[C@@H](C)C(C)C. The summed E-state index contributed by atoms with van der Waals surface area (Å²) in [6.07, 6.45) is 2.11. The van der Waals surface area contributed by atoms with Gasteiger partial charge >= 0.3 is 0 Å². The zero-order valence-electron chi connectivity index (χ0n) is 9.37. The normalized spacial score (nSPS) is 12.9. The Labute approximate surface area is 91.3 Å². The fraction of sp³-hybridized carbons (Fsp3) is 0.500. The Balaban J connectivity index is 2.75. The molecule has 78 valence electrons. The van der Waals surface area contributed by atoms with Crippen molar-refractivity contribution < 1.29 is 0 Å². The lowest BCUT2D eigenvalue weighted by Gasteiger charge is -2.20. The van der Waals surface area contributed by atoms with Crippen molar-refractivity contribution in [3.05, 3.63) is 24.3 Å². The minimum absolute atomic E-state index is 0.517. The third-order valence-corrected chi connectivity index (χ3v) is 3.29. The van der Waals surface area contributed by atoms with E-state index in [1.54, 1.807) is 11.8 Å². The standard InChI is InChI=1S/C12H19NS/c1-9(2)10(3)13-11-7-5-6-8-12(11)14-4/h5-10,13H,1-4H3/t10-/m0/s1. The molecule has 0 saturated carbocycles. The van der Waals surface area contributed by atoms with Crippen molar-refractivity contribution in [1.82, 2.24) is 0 Å². The number of rotatable bonds is 4. The minimum atomic E-state index is 0.517. The summed E-state index contributed by atoms with van der Waals surface area (Å²) in [7, 11) is 0. The van der Waals surface area contributed by atoms with Gasteiger partial charge in [-0.2, -0.15) is 0 Å². The van der Waals surface area contributed by atoms with Crippen LogP contribution in [-0.4, -0.2) is 12.3 Å². The Bertz CT molecular complexity index is 283. The van der Waals surface area contributed by atoms with Crippen LogP contribution in [0.5, 0.6) is 0 Å². The van der Waals surface area contributed by atoms with E-state index in [4.69, 9.17) is 0 Å². The molecule has 0 aliphatic rings. The van der Waals surface area contributed by atoms with Crippen molar-refractivity contribution in [2.45, 2.75) is 31.7 Å². The maximum atomic E-state index is 3.54. The number of para-hydroxylation sites is 1. The van der Waals surface area contributed by atoms with Crippen LogP contribution >= 0.6 is 11.8 Å². The van der Waals surface area contributed by atoms with Crippen molar-refractivity contribution in [2.24, 2.45) is 5.92 Å². The van der Waals surface area contributed by atoms with Crippen LogP contribution in [0.4, 0.5) is 5.69 Å². The molecule has 14 heavy (non-hydrogen) atoms. The van der Waals surface area contributed by atoms with E-state index in [2.05, 4.69) is 56.6 Å². The monoisotopic (exact) mass is 209 g/mol. The van der Waals surface area contributed by atoms with E-state index in [1.165, 1.54) is 10.6 Å². The Morgan fingerprint density at radius 1 is 1.14 bits per heavy atom. The molecule has 1 N–H and O–H groups in total. The molecule has 1 nitrogen and oxygen atoms in total. The summed E-state index contributed by atoms with van der Waals surface area (Å²) in [6.45, 7) is 6.69. The van der Waals surface area contributed by atoms with E-state index in [1.807, 2.05) is 0 Å². The molecule has 0 fully saturated rings. The summed E-state index contributed by atoms with van der Waals surface area (Å²) in [5.41, 5.74) is 1.25. The number of nitrogens with one attached hydrogen (secondary N) is 1. The highest BCUT2D eigenvalue weighted by molar-refractivity contribution is 7.98. The predicted octanol–water partition coefficient (Wildman–Crippen LogP) is 3.86. The second kappa shape index (κ2) is 5.30. The number of benzene rings is 1. The van der Waals surface area contributed by atoms with Crippen LogP contribution in [0.3, 0.4) is 0 Å². The summed E-state index contributed by atoms with van der Waals surface area (Å²) in [6, 6.07) is 8.97. The summed E-state index contributed by atoms with van der Waals surface area (Å²) in [5, 5.41) is 3.54. The first-order valence-corrected chi connectivity index (χ1v) is 6.27. The zero-order chi connectivity index (χ0) is 10.6. The van der Waals surface area contributed by atoms with Gasteiger partial charge in [0.25, 0.3) is 0 Å². The Morgan fingerprint density at radius 3 is 2.36 bits per heavy atom. The van der Waals surface area contributed by atoms with Gasteiger partial charge in [-0.25, -0.2) is 0 Å². The quantitative estimate of drug-likeness (QED) is 0.756. The van der Waals surface area contributed by atoms with Crippen LogP contribution < -0.4 is 5.32 Å². The molecule has 1 rings (SSSR count).